The number of allylic oxidation sites excluding steroid dienone is 1. The number of carbonyl (C=O) groups excluding carboxylic acids is 1. The van der Waals surface area contributed by atoms with Gasteiger partial charge in [-0.3, -0.25) is 4.79 Å². The number of benzene rings is 2. The first-order valence-corrected chi connectivity index (χ1v) is 9.18. The molecule has 0 fully saturated rings. The number of carbonyl (C=O) groups is 1. The molecule has 0 spiro atoms. The van der Waals surface area contributed by atoms with Crippen molar-refractivity contribution in [1.82, 2.24) is 9.97 Å². The molecule has 0 aliphatic heterocycles. The number of nitrogens with zero attached hydrogens (tertiary/aromatic N) is 2. The number of phenolic OH excluding ortho intramolecular Hbond substituents is 1. The Kier molecular flexibility index (Phi) is 6.24. The van der Waals surface area contributed by atoms with Gasteiger partial charge in [-0.15, -0.1) is 0 Å². The van der Waals surface area contributed by atoms with Crippen molar-refractivity contribution in [3.05, 3.63) is 71.6 Å². The van der Waals surface area contributed by atoms with E-state index in [1.807, 2.05) is 44.2 Å². The van der Waals surface area contributed by atoms with Crippen molar-refractivity contribution in [1.29, 1.82) is 0 Å². The van der Waals surface area contributed by atoms with Gasteiger partial charge in [-0.2, -0.15) is 0 Å². The minimum atomic E-state index is -0.203. The van der Waals surface area contributed by atoms with Gasteiger partial charge in [-0.25, -0.2) is 9.97 Å². The molecule has 1 heterocycles. The lowest BCUT2D eigenvalue weighted by Crippen LogP contribution is -2.16. The molecule has 1 aromatic heterocycles. The lowest BCUT2D eigenvalue weighted by molar-refractivity contribution is -0.115. The second kappa shape index (κ2) is 9.01. The van der Waals surface area contributed by atoms with Crippen LogP contribution < -0.4 is 10.1 Å². The summed E-state index contributed by atoms with van der Waals surface area (Å²) < 4.78 is 5.19. The maximum atomic E-state index is 12.5. The Balaban J connectivity index is 1.84. The number of aromatic nitrogens is 2. The fraction of sp³-hybridized carbons (Fsp3) is 0.174. The molecule has 0 saturated heterocycles. The van der Waals surface area contributed by atoms with Gasteiger partial charge < -0.3 is 15.2 Å². The van der Waals surface area contributed by atoms with E-state index in [-0.39, 0.29) is 18.1 Å². The lowest BCUT2D eigenvalue weighted by Gasteiger charge is -2.10. The van der Waals surface area contributed by atoms with Gasteiger partial charge in [0.2, 0.25) is 5.91 Å². The Morgan fingerprint density at radius 3 is 2.41 bits per heavy atom. The number of amides is 1. The van der Waals surface area contributed by atoms with E-state index in [1.54, 1.807) is 37.6 Å². The summed E-state index contributed by atoms with van der Waals surface area (Å²) in [4.78, 5) is 21.6. The Bertz CT molecular complexity index is 1020. The molecular formula is C23H23N3O3. The maximum Gasteiger partial charge on any atom is 0.230 e. The first kappa shape index (κ1) is 20.1. The van der Waals surface area contributed by atoms with Gasteiger partial charge in [-0.1, -0.05) is 17.7 Å². The Morgan fingerprint density at radius 1 is 1.10 bits per heavy atom. The fourth-order valence-electron chi connectivity index (χ4n) is 2.75. The standard InChI is InChI=1S/C23H23N3O3/c1-15(2)12-20-23(26-22(28)13-16-4-8-18(27)9-5-16)24-14-21(25-20)17-6-10-19(29-3)11-7-17/h4-12,14,27H,13H2,1-3H3,(H,24,26,28). The van der Waals surface area contributed by atoms with E-state index in [0.717, 1.165) is 22.4 Å². The highest BCUT2D eigenvalue weighted by Crippen LogP contribution is 2.23. The van der Waals surface area contributed by atoms with Crippen molar-refractivity contribution in [2.24, 2.45) is 0 Å². The molecule has 3 aromatic rings. The Labute approximate surface area is 169 Å². The molecule has 0 aliphatic carbocycles. The third kappa shape index (κ3) is 5.42. The molecule has 3 rings (SSSR count). The number of ether oxygens (including phenoxy) is 1. The summed E-state index contributed by atoms with van der Waals surface area (Å²) in [6, 6.07) is 14.1. The van der Waals surface area contributed by atoms with Gasteiger partial charge >= 0.3 is 0 Å². The number of phenols is 1. The number of methoxy groups -OCH3 is 1. The minimum absolute atomic E-state index is 0.167. The van der Waals surface area contributed by atoms with Crippen LogP contribution in [0.5, 0.6) is 11.5 Å². The second-order valence-corrected chi connectivity index (χ2v) is 6.83. The van der Waals surface area contributed by atoms with Crippen molar-refractivity contribution in [2.75, 3.05) is 12.4 Å². The molecule has 6 heteroatoms. The van der Waals surface area contributed by atoms with Crippen LogP contribution in [0.1, 0.15) is 25.1 Å². The SMILES string of the molecule is COc1ccc(-c2cnc(NC(=O)Cc3ccc(O)cc3)c(C=C(C)C)n2)cc1. The molecule has 0 saturated carbocycles. The molecular weight excluding hydrogens is 366 g/mol. The summed E-state index contributed by atoms with van der Waals surface area (Å²) in [6.07, 6.45) is 3.70. The first-order valence-electron chi connectivity index (χ1n) is 9.18. The van der Waals surface area contributed by atoms with E-state index in [2.05, 4.69) is 15.3 Å². The van der Waals surface area contributed by atoms with E-state index in [4.69, 9.17) is 4.74 Å². The molecule has 1 amide bonds. The van der Waals surface area contributed by atoms with Crippen LogP contribution in [0.15, 0.2) is 60.3 Å². The third-order valence-corrected chi connectivity index (χ3v) is 4.17. The molecule has 2 aromatic carbocycles. The van der Waals surface area contributed by atoms with Crippen LogP contribution in [0.4, 0.5) is 5.82 Å². The molecule has 6 nitrogen and oxygen atoms in total. The summed E-state index contributed by atoms with van der Waals surface area (Å²) >= 11 is 0. The summed E-state index contributed by atoms with van der Waals surface area (Å²) in [7, 11) is 1.62. The predicted molar refractivity (Wildman–Crippen MR) is 114 cm³/mol. The highest BCUT2D eigenvalue weighted by molar-refractivity contribution is 5.93. The van der Waals surface area contributed by atoms with E-state index in [1.165, 1.54) is 0 Å². The summed E-state index contributed by atoms with van der Waals surface area (Å²) in [6.45, 7) is 3.92. The monoisotopic (exact) mass is 389 g/mol. The number of aromatic hydroxyl groups is 1. The number of anilines is 1. The lowest BCUT2D eigenvalue weighted by atomic mass is 10.1. The topological polar surface area (TPSA) is 84.3 Å². The molecule has 0 atom stereocenters. The zero-order valence-corrected chi connectivity index (χ0v) is 16.6. The number of hydrogen-bond acceptors (Lipinski definition) is 5. The maximum absolute atomic E-state index is 12.5. The third-order valence-electron chi connectivity index (χ3n) is 4.17. The molecule has 0 radical (unpaired) electrons. The quantitative estimate of drug-likeness (QED) is 0.650. The fourth-order valence-corrected chi connectivity index (χ4v) is 2.75. The van der Waals surface area contributed by atoms with Crippen molar-refractivity contribution >= 4 is 17.8 Å². The zero-order valence-electron chi connectivity index (χ0n) is 16.6. The van der Waals surface area contributed by atoms with E-state index in [9.17, 15) is 9.90 Å². The predicted octanol–water partition coefficient (Wildman–Crippen LogP) is 4.46. The number of hydrogen-bond donors (Lipinski definition) is 2. The van der Waals surface area contributed by atoms with E-state index in [0.29, 0.717) is 17.2 Å². The highest BCUT2D eigenvalue weighted by Gasteiger charge is 2.12. The Hall–Kier alpha value is -3.67. The van der Waals surface area contributed by atoms with Gasteiger partial charge in [0.05, 0.1) is 25.4 Å². The van der Waals surface area contributed by atoms with Crippen LogP contribution in [0.3, 0.4) is 0 Å². The van der Waals surface area contributed by atoms with Crippen molar-refractivity contribution in [3.63, 3.8) is 0 Å². The second-order valence-electron chi connectivity index (χ2n) is 6.83. The smallest absolute Gasteiger partial charge is 0.230 e. The molecule has 29 heavy (non-hydrogen) atoms. The van der Waals surface area contributed by atoms with Crippen LogP contribution in [-0.4, -0.2) is 28.1 Å². The van der Waals surface area contributed by atoms with Gasteiger partial charge in [0, 0.05) is 5.56 Å². The van der Waals surface area contributed by atoms with Crippen LogP contribution in [-0.2, 0) is 11.2 Å². The van der Waals surface area contributed by atoms with Crippen LogP contribution in [0.2, 0.25) is 0 Å². The average molecular weight is 389 g/mol. The van der Waals surface area contributed by atoms with Gasteiger partial charge in [0.25, 0.3) is 0 Å². The number of nitrogens with one attached hydrogen (secondary N) is 1. The molecule has 0 aliphatic rings. The summed E-state index contributed by atoms with van der Waals surface area (Å²) in [5.41, 5.74) is 4.05. The van der Waals surface area contributed by atoms with Crippen LogP contribution in [0, 0.1) is 0 Å². The molecule has 0 bridgehead atoms. The summed E-state index contributed by atoms with van der Waals surface area (Å²) in [5.74, 6) is 1.14. The molecule has 2 N–H and O–H groups in total. The molecule has 148 valence electrons. The summed E-state index contributed by atoms with van der Waals surface area (Å²) in [5, 5.41) is 12.2. The van der Waals surface area contributed by atoms with Crippen LogP contribution >= 0.6 is 0 Å². The normalized spacial score (nSPS) is 10.3. The van der Waals surface area contributed by atoms with Gasteiger partial charge in [-0.05, 0) is 61.9 Å². The van der Waals surface area contributed by atoms with Crippen molar-refractivity contribution in [2.45, 2.75) is 20.3 Å². The van der Waals surface area contributed by atoms with Crippen LogP contribution in [0.25, 0.3) is 17.3 Å². The zero-order chi connectivity index (χ0) is 20.8. The van der Waals surface area contributed by atoms with Gasteiger partial charge in [0.15, 0.2) is 5.82 Å². The number of rotatable bonds is 6. The minimum Gasteiger partial charge on any atom is -0.508 e. The highest BCUT2D eigenvalue weighted by atomic mass is 16.5. The van der Waals surface area contributed by atoms with Crippen molar-refractivity contribution in [3.8, 4) is 22.8 Å². The Morgan fingerprint density at radius 2 is 1.79 bits per heavy atom. The van der Waals surface area contributed by atoms with E-state index < -0.39 is 0 Å². The van der Waals surface area contributed by atoms with Gasteiger partial charge in [0.1, 0.15) is 17.2 Å². The largest absolute Gasteiger partial charge is 0.508 e. The van der Waals surface area contributed by atoms with E-state index >= 15 is 0 Å². The van der Waals surface area contributed by atoms with Crippen molar-refractivity contribution < 1.29 is 14.6 Å². The molecule has 0 unspecified atom stereocenters. The average Bonchev–Trinajstić information content (AvgIpc) is 2.71. The first-order chi connectivity index (χ1) is 13.9.